The van der Waals surface area contributed by atoms with Crippen LogP contribution >= 0.6 is 0 Å². The Bertz CT molecular complexity index is 1480. The predicted molar refractivity (Wildman–Crippen MR) is 135 cm³/mol. The van der Waals surface area contributed by atoms with Gasteiger partial charge in [0.05, 0.1) is 37.2 Å². The molecule has 1 saturated heterocycles. The van der Waals surface area contributed by atoms with Crippen molar-refractivity contribution in [1.82, 2.24) is 29.7 Å². The molecule has 2 N–H and O–H groups in total. The first-order valence-electron chi connectivity index (χ1n) is 12.0. The number of carboxylic acid groups (broad SMARTS) is 1. The molecule has 0 saturated carbocycles. The first kappa shape index (κ1) is 24.6. The molecule has 5 rings (SSSR count). The Morgan fingerprint density at radius 3 is 2.38 bits per heavy atom. The number of rotatable bonds is 4. The monoisotopic (exact) mass is 504 g/mol. The van der Waals surface area contributed by atoms with E-state index >= 15 is 0 Å². The average molecular weight is 505 g/mol. The highest BCUT2D eigenvalue weighted by Gasteiger charge is 2.26. The zero-order valence-electron chi connectivity index (χ0n) is 20.9. The topological polar surface area (TPSA) is 136 Å². The van der Waals surface area contributed by atoms with Gasteiger partial charge in [-0.05, 0) is 46.9 Å². The maximum absolute atomic E-state index is 12.7. The second-order valence-electron chi connectivity index (χ2n) is 9.94. The van der Waals surface area contributed by atoms with Crippen molar-refractivity contribution in [3.8, 4) is 17.1 Å². The summed E-state index contributed by atoms with van der Waals surface area (Å²) in [5.41, 5.74) is 3.50. The summed E-state index contributed by atoms with van der Waals surface area (Å²) in [5, 5.41) is 33.3. The van der Waals surface area contributed by atoms with Gasteiger partial charge in [-0.2, -0.15) is 9.78 Å². The fourth-order valence-corrected chi connectivity index (χ4v) is 4.68. The second-order valence-corrected chi connectivity index (χ2v) is 9.94. The van der Waals surface area contributed by atoms with E-state index in [9.17, 15) is 19.8 Å². The van der Waals surface area contributed by atoms with E-state index < -0.39 is 6.09 Å². The van der Waals surface area contributed by atoms with Crippen LogP contribution in [0, 0.1) is 0 Å². The van der Waals surface area contributed by atoms with Crippen molar-refractivity contribution in [3.63, 3.8) is 0 Å². The van der Waals surface area contributed by atoms with Crippen LogP contribution < -0.4 is 0 Å². The van der Waals surface area contributed by atoms with Gasteiger partial charge >= 0.3 is 6.09 Å². The van der Waals surface area contributed by atoms with Crippen LogP contribution in [0.2, 0.25) is 0 Å². The summed E-state index contributed by atoms with van der Waals surface area (Å²) in [4.78, 5) is 26.4. The summed E-state index contributed by atoms with van der Waals surface area (Å²) in [6.45, 7) is 8.00. The van der Waals surface area contributed by atoms with Crippen molar-refractivity contribution < 1.29 is 24.5 Å². The highest BCUT2D eigenvalue weighted by molar-refractivity contribution is 5.99. The number of ether oxygens (including phenoxy) is 1. The van der Waals surface area contributed by atoms with Gasteiger partial charge in [0.2, 0.25) is 0 Å². The molecule has 37 heavy (non-hydrogen) atoms. The lowest BCUT2D eigenvalue weighted by Gasteiger charge is -2.26. The molecule has 0 bridgehead atoms. The first-order valence-corrected chi connectivity index (χ1v) is 12.0. The quantitative estimate of drug-likeness (QED) is 0.433. The first-order chi connectivity index (χ1) is 17.7. The third kappa shape index (κ3) is 4.47. The van der Waals surface area contributed by atoms with Crippen molar-refractivity contribution in [1.29, 1.82) is 0 Å². The van der Waals surface area contributed by atoms with Crippen molar-refractivity contribution >= 4 is 22.9 Å². The number of fused-ring (bicyclic) bond motifs is 1. The fourth-order valence-electron chi connectivity index (χ4n) is 4.68. The van der Waals surface area contributed by atoms with E-state index in [2.05, 4.69) is 15.4 Å². The molecular formula is C26H28N6O5. The van der Waals surface area contributed by atoms with Crippen LogP contribution in [-0.2, 0) is 16.8 Å². The minimum Gasteiger partial charge on any atom is -0.463 e. The van der Waals surface area contributed by atoms with Crippen molar-refractivity contribution in [2.75, 3.05) is 26.3 Å². The Balaban J connectivity index is 1.53. The molecule has 0 spiro atoms. The molecule has 1 aliphatic rings. The molecule has 0 atom stereocenters. The van der Waals surface area contributed by atoms with E-state index in [0.29, 0.717) is 65.4 Å². The highest BCUT2D eigenvalue weighted by atomic mass is 16.5. The van der Waals surface area contributed by atoms with E-state index in [0.717, 1.165) is 10.2 Å². The standard InChI is InChI=1S/C26H28N6O5/c1-26(2,3)19-8-9-21-22(18(19)15-33)23(28-32(21)25(35)36)20-14-31(29-27-20)17-6-4-16(5-7-17)24(34)30-10-12-37-13-11-30/h4-9,14,33H,10-13,15H2,1-3H3,(H,35,36). The third-order valence-corrected chi connectivity index (χ3v) is 6.52. The van der Waals surface area contributed by atoms with Crippen molar-refractivity contribution in [3.05, 3.63) is 59.3 Å². The molecule has 3 heterocycles. The van der Waals surface area contributed by atoms with Crippen LogP contribution in [0.25, 0.3) is 28.0 Å². The lowest BCUT2D eigenvalue weighted by molar-refractivity contribution is 0.0303. The molecular weight excluding hydrogens is 476 g/mol. The van der Waals surface area contributed by atoms with E-state index in [1.54, 1.807) is 41.4 Å². The van der Waals surface area contributed by atoms with Crippen LogP contribution in [0.4, 0.5) is 4.79 Å². The summed E-state index contributed by atoms with van der Waals surface area (Å²) >= 11 is 0. The Morgan fingerprint density at radius 1 is 1.05 bits per heavy atom. The number of nitrogens with zero attached hydrogens (tertiary/aromatic N) is 6. The van der Waals surface area contributed by atoms with Gasteiger partial charge in [-0.3, -0.25) is 4.79 Å². The number of hydrogen-bond acceptors (Lipinski definition) is 7. The average Bonchev–Trinajstić information content (AvgIpc) is 3.53. The molecule has 192 valence electrons. The molecule has 1 aliphatic heterocycles. The summed E-state index contributed by atoms with van der Waals surface area (Å²) in [6, 6.07) is 10.6. The third-order valence-electron chi connectivity index (χ3n) is 6.52. The summed E-state index contributed by atoms with van der Waals surface area (Å²) in [6.07, 6.45) is 0.411. The minimum absolute atomic E-state index is 0.0500. The molecule has 4 aromatic rings. The van der Waals surface area contributed by atoms with Crippen LogP contribution in [0.3, 0.4) is 0 Å². The fraction of sp³-hybridized carbons (Fsp3) is 0.346. The zero-order chi connectivity index (χ0) is 26.3. The number of carbonyl (C=O) groups excluding carboxylic acids is 1. The summed E-state index contributed by atoms with van der Waals surface area (Å²) in [5.74, 6) is -0.0500. The van der Waals surface area contributed by atoms with Gasteiger partial charge in [0.15, 0.2) is 0 Å². The van der Waals surface area contributed by atoms with E-state index in [1.807, 2.05) is 26.8 Å². The van der Waals surface area contributed by atoms with Gasteiger partial charge < -0.3 is 19.8 Å². The molecule has 1 fully saturated rings. The maximum atomic E-state index is 12.7. The van der Waals surface area contributed by atoms with Gasteiger partial charge in [-0.25, -0.2) is 9.48 Å². The number of hydrogen-bond donors (Lipinski definition) is 2. The lowest BCUT2D eigenvalue weighted by Crippen LogP contribution is -2.40. The van der Waals surface area contributed by atoms with Gasteiger partial charge in [0, 0.05) is 24.0 Å². The Labute approximate surface area is 212 Å². The number of carbonyl (C=O) groups is 2. The smallest absolute Gasteiger partial charge is 0.432 e. The number of aromatic nitrogens is 5. The van der Waals surface area contributed by atoms with Crippen molar-refractivity contribution in [2.45, 2.75) is 32.8 Å². The molecule has 11 nitrogen and oxygen atoms in total. The van der Waals surface area contributed by atoms with Gasteiger partial charge in [0.25, 0.3) is 5.91 Å². The Kier molecular flexibility index (Phi) is 6.26. The van der Waals surface area contributed by atoms with E-state index in [4.69, 9.17) is 4.74 Å². The van der Waals surface area contributed by atoms with Gasteiger partial charge in [0.1, 0.15) is 11.4 Å². The molecule has 0 unspecified atom stereocenters. The van der Waals surface area contributed by atoms with Gasteiger partial charge in [-0.15, -0.1) is 5.10 Å². The normalized spacial score (nSPS) is 14.3. The van der Waals surface area contributed by atoms with Crippen LogP contribution in [0.15, 0.2) is 42.6 Å². The molecule has 1 amide bonds. The number of amides is 1. The number of aliphatic hydroxyl groups excluding tert-OH is 1. The number of morpholine rings is 1. The maximum Gasteiger partial charge on any atom is 0.432 e. The molecule has 0 radical (unpaired) electrons. The molecule has 0 aliphatic carbocycles. The predicted octanol–water partition coefficient (Wildman–Crippen LogP) is 3.07. The number of aliphatic hydroxyl groups is 1. The molecule has 2 aromatic heterocycles. The van der Waals surface area contributed by atoms with E-state index in [-0.39, 0.29) is 17.9 Å². The summed E-state index contributed by atoms with van der Waals surface area (Å²) < 4.78 is 7.74. The molecule has 2 aromatic carbocycles. The van der Waals surface area contributed by atoms with Crippen molar-refractivity contribution in [2.24, 2.45) is 0 Å². The molecule has 11 heteroatoms. The zero-order valence-corrected chi connectivity index (χ0v) is 20.9. The van der Waals surface area contributed by atoms with Gasteiger partial charge in [-0.1, -0.05) is 32.1 Å². The lowest BCUT2D eigenvalue weighted by atomic mass is 9.82. The van der Waals surface area contributed by atoms with Crippen LogP contribution in [0.5, 0.6) is 0 Å². The van der Waals surface area contributed by atoms with Crippen LogP contribution in [0.1, 0.15) is 42.3 Å². The largest absolute Gasteiger partial charge is 0.463 e. The minimum atomic E-state index is -1.24. The van der Waals surface area contributed by atoms with E-state index in [1.165, 1.54) is 4.68 Å². The highest BCUT2D eigenvalue weighted by Crippen LogP contribution is 2.36. The Morgan fingerprint density at radius 2 is 1.76 bits per heavy atom. The summed E-state index contributed by atoms with van der Waals surface area (Å²) in [7, 11) is 0. The Hall–Kier alpha value is -4.09. The second kappa shape index (κ2) is 9.41. The number of benzene rings is 2. The SMILES string of the molecule is CC(C)(C)c1ccc2c(c(-c3cn(-c4ccc(C(=O)N5CCOCC5)cc4)nn3)nn2C(=O)O)c1CO. The van der Waals surface area contributed by atoms with Crippen LogP contribution in [-0.4, -0.2) is 78.2 Å².